The minimum Gasteiger partial charge on any atom is -0.507 e. The number of hydrogen-bond acceptors (Lipinski definition) is 3. The number of phenolic OH excluding ortho intramolecular Hbond substituents is 1. The Balaban J connectivity index is 2.82. The summed E-state index contributed by atoms with van der Waals surface area (Å²) in [4.78, 5) is 11.5. The molecule has 0 bridgehead atoms. The van der Waals surface area contributed by atoms with Gasteiger partial charge in [0, 0.05) is 16.9 Å². The molecular weight excluding hydrogens is 274 g/mol. The predicted octanol–water partition coefficient (Wildman–Crippen LogP) is 2.43. The first kappa shape index (κ1) is 11.0. The van der Waals surface area contributed by atoms with E-state index in [-0.39, 0.29) is 5.75 Å². The van der Waals surface area contributed by atoms with Crippen LogP contribution in [0.3, 0.4) is 0 Å². The molecule has 0 saturated carbocycles. The van der Waals surface area contributed by atoms with Gasteiger partial charge in [-0.05, 0) is 34.1 Å². The molecule has 0 amide bonds. The Kier molecular flexibility index (Phi) is 2.63. The minimum absolute atomic E-state index is 0.143. The number of nitrogens with zero attached hydrogens (tertiary/aromatic N) is 1. The van der Waals surface area contributed by atoms with Crippen LogP contribution in [0.2, 0.25) is 0 Å². The maximum Gasteiger partial charge on any atom is 0.354 e. The summed E-state index contributed by atoms with van der Waals surface area (Å²) in [5.41, 5.74) is 1.17. The van der Waals surface area contributed by atoms with Crippen molar-refractivity contribution in [2.24, 2.45) is 7.05 Å². The third kappa shape index (κ3) is 1.48. The molecule has 84 valence electrons. The van der Waals surface area contributed by atoms with E-state index < -0.39 is 5.97 Å². The van der Waals surface area contributed by atoms with E-state index in [0.717, 1.165) is 9.99 Å². The summed E-state index contributed by atoms with van der Waals surface area (Å²) < 4.78 is 7.17. The Hall–Kier alpha value is -1.49. The molecule has 16 heavy (non-hydrogen) atoms. The van der Waals surface area contributed by atoms with Gasteiger partial charge in [0.25, 0.3) is 0 Å². The number of fused-ring (bicyclic) bond motifs is 1. The molecule has 0 radical (unpaired) electrons. The van der Waals surface area contributed by atoms with Crippen LogP contribution in [0.25, 0.3) is 10.9 Å². The van der Waals surface area contributed by atoms with Crippen molar-refractivity contribution in [3.63, 3.8) is 0 Å². The third-order valence-electron chi connectivity index (χ3n) is 2.52. The number of ether oxygens (including phenoxy) is 1. The van der Waals surface area contributed by atoms with Crippen LogP contribution in [-0.2, 0) is 11.8 Å². The second-order valence-electron chi connectivity index (χ2n) is 3.41. The topological polar surface area (TPSA) is 51.5 Å². The van der Waals surface area contributed by atoms with E-state index in [1.165, 1.54) is 7.11 Å². The molecule has 1 heterocycles. The number of carbonyl (C=O) groups excluding carboxylic acids is 1. The van der Waals surface area contributed by atoms with Gasteiger partial charge in [0.1, 0.15) is 11.4 Å². The molecule has 1 aromatic carbocycles. The Labute approximate surface area is 101 Å². The Morgan fingerprint density at radius 1 is 1.50 bits per heavy atom. The van der Waals surface area contributed by atoms with Crippen molar-refractivity contribution in [2.75, 3.05) is 7.11 Å². The first-order valence-electron chi connectivity index (χ1n) is 4.61. The molecule has 0 aliphatic heterocycles. The van der Waals surface area contributed by atoms with E-state index >= 15 is 0 Å². The molecule has 4 nitrogen and oxygen atoms in total. The molecule has 0 fully saturated rings. The maximum atomic E-state index is 11.5. The van der Waals surface area contributed by atoms with E-state index in [4.69, 9.17) is 0 Å². The highest BCUT2D eigenvalue weighted by molar-refractivity contribution is 9.10. The smallest absolute Gasteiger partial charge is 0.354 e. The zero-order valence-corrected chi connectivity index (χ0v) is 10.4. The van der Waals surface area contributed by atoms with Crippen LogP contribution in [0, 0.1) is 0 Å². The fourth-order valence-corrected chi connectivity index (χ4v) is 2.32. The van der Waals surface area contributed by atoms with Crippen LogP contribution < -0.4 is 0 Å². The number of benzene rings is 1. The van der Waals surface area contributed by atoms with Crippen LogP contribution in [0.5, 0.6) is 5.75 Å². The lowest BCUT2D eigenvalue weighted by molar-refractivity contribution is 0.0590. The molecule has 0 aliphatic carbocycles. The summed E-state index contributed by atoms with van der Waals surface area (Å²) in [5, 5.41) is 10.3. The quantitative estimate of drug-likeness (QED) is 0.818. The van der Waals surface area contributed by atoms with E-state index in [1.54, 1.807) is 29.8 Å². The summed E-state index contributed by atoms with van der Waals surface area (Å²) in [7, 11) is 3.08. The Bertz CT molecular complexity index is 574. The van der Waals surface area contributed by atoms with Gasteiger partial charge in [0.15, 0.2) is 0 Å². The number of rotatable bonds is 1. The van der Waals surface area contributed by atoms with Crippen LogP contribution >= 0.6 is 15.9 Å². The van der Waals surface area contributed by atoms with Crippen molar-refractivity contribution in [3.05, 3.63) is 28.4 Å². The summed E-state index contributed by atoms with van der Waals surface area (Å²) in [5.74, 6) is -0.283. The number of aromatic nitrogens is 1. The van der Waals surface area contributed by atoms with Crippen LogP contribution in [0.15, 0.2) is 22.7 Å². The van der Waals surface area contributed by atoms with Gasteiger partial charge in [-0.1, -0.05) is 0 Å². The molecule has 0 atom stereocenters. The standard InChI is InChI=1S/C11H10BrNO3/c1-13-8(11(15)16-2)5-6-9(14)4-3-7(12)10(6)13/h3-5,14H,1-2H3. The molecule has 0 aliphatic rings. The van der Waals surface area contributed by atoms with Crippen molar-refractivity contribution >= 4 is 32.8 Å². The molecular formula is C11H10BrNO3. The number of aryl methyl sites for hydroxylation is 1. The minimum atomic E-state index is -0.426. The summed E-state index contributed by atoms with van der Waals surface area (Å²) in [6.45, 7) is 0. The average Bonchev–Trinajstić information content (AvgIpc) is 2.62. The first-order valence-corrected chi connectivity index (χ1v) is 5.40. The zero-order valence-electron chi connectivity index (χ0n) is 8.82. The van der Waals surface area contributed by atoms with E-state index in [9.17, 15) is 9.90 Å². The van der Waals surface area contributed by atoms with Gasteiger partial charge < -0.3 is 14.4 Å². The van der Waals surface area contributed by atoms with Gasteiger partial charge in [-0.3, -0.25) is 0 Å². The fourth-order valence-electron chi connectivity index (χ4n) is 1.71. The molecule has 2 rings (SSSR count). The molecule has 1 aromatic heterocycles. The number of esters is 1. The normalized spacial score (nSPS) is 10.7. The highest BCUT2D eigenvalue weighted by Gasteiger charge is 2.17. The van der Waals surface area contributed by atoms with Crippen LogP contribution in [0.1, 0.15) is 10.5 Å². The Morgan fingerprint density at radius 2 is 2.19 bits per heavy atom. The van der Waals surface area contributed by atoms with Crippen molar-refractivity contribution < 1.29 is 14.6 Å². The van der Waals surface area contributed by atoms with E-state index in [0.29, 0.717) is 11.1 Å². The van der Waals surface area contributed by atoms with Crippen LogP contribution in [0.4, 0.5) is 0 Å². The highest BCUT2D eigenvalue weighted by atomic mass is 79.9. The Morgan fingerprint density at radius 3 is 2.75 bits per heavy atom. The van der Waals surface area contributed by atoms with Gasteiger partial charge in [0.2, 0.25) is 0 Å². The average molecular weight is 284 g/mol. The molecule has 0 saturated heterocycles. The number of halogens is 1. The maximum absolute atomic E-state index is 11.5. The highest BCUT2D eigenvalue weighted by Crippen LogP contribution is 2.33. The second kappa shape index (κ2) is 3.83. The summed E-state index contributed by atoms with van der Waals surface area (Å²) in [6, 6.07) is 4.92. The van der Waals surface area contributed by atoms with Crippen molar-refractivity contribution in [1.82, 2.24) is 4.57 Å². The number of hydrogen-bond donors (Lipinski definition) is 1. The molecule has 5 heteroatoms. The van der Waals surface area contributed by atoms with Gasteiger partial charge in [-0.2, -0.15) is 0 Å². The second-order valence-corrected chi connectivity index (χ2v) is 4.26. The lowest BCUT2D eigenvalue weighted by Crippen LogP contribution is -2.07. The lowest BCUT2D eigenvalue weighted by Gasteiger charge is -2.03. The molecule has 1 N–H and O–H groups in total. The van der Waals surface area contributed by atoms with Crippen molar-refractivity contribution in [3.8, 4) is 5.75 Å². The lowest BCUT2D eigenvalue weighted by atomic mass is 10.2. The zero-order chi connectivity index (χ0) is 11.9. The number of phenols is 1. The van der Waals surface area contributed by atoms with Gasteiger partial charge >= 0.3 is 5.97 Å². The largest absolute Gasteiger partial charge is 0.507 e. The third-order valence-corrected chi connectivity index (χ3v) is 3.16. The number of methoxy groups -OCH3 is 1. The van der Waals surface area contributed by atoms with Gasteiger partial charge in [-0.25, -0.2) is 4.79 Å². The van der Waals surface area contributed by atoms with Gasteiger partial charge in [0.05, 0.1) is 12.6 Å². The summed E-state index contributed by atoms with van der Waals surface area (Å²) in [6.07, 6.45) is 0. The fraction of sp³-hybridized carbons (Fsp3) is 0.182. The summed E-state index contributed by atoms with van der Waals surface area (Å²) >= 11 is 3.38. The van der Waals surface area contributed by atoms with E-state index in [1.807, 2.05) is 0 Å². The molecule has 0 spiro atoms. The predicted molar refractivity (Wildman–Crippen MR) is 63.6 cm³/mol. The van der Waals surface area contributed by atoms with E-state index in [2.05, 4.69) is 20.7 Å². The molecule has 2 aromatic rings. The number of carbonyl (C=O) groups is 1. The van der Waals surface area contributed by atoms with Crippen molar-refractivity contribution in [1.29, 1.82) is 0 Å². The number of aromatic hydroxyl groups is 1. The first-order chi connectivity index (χ1) is 7.56. The monoisotopic (exact) mass is 283 g/mol. The van der Waals surface area contributed by atoms with Gasteiger partial charge in [-0.15, -0.1) is 0 Å². The van der Waals surface area contributed by atoms with Crippen molar-refractivity contribution in [2.45, 2.75) is 0 Å². The van der Waals surface area contributed by atoms with Crippen LogP contribution in [-0.4, -0.2) is 22.8 Å². The molecule has 0 unspecified atom stereocenters. The SMILES string of the molecule is COC(=O)c1cc2c(O)ccc(Br)c2n1C.